The predicted molar refractivity (Wildman–Crippen MR) is 87.0 cm³/mol. The van der Waals surface area contributed by atoms with Crippen LogP contribution < -0.4 is 34.0 Å². The molecule has 0 rings (SSSR count). The fourth-order valence-corrected chi connectivity index (χ4v) is 2.34. The lowest BCUT2D eigenvalue weighted by Gasteiger charge is -2.37. The zero-order chi connectivity index (χ0) is 12.7. The molecule has 0 aromatic carbocycles. The second-order valence-corrected chi connectivity index (χ2v) is 6.14. The van der Waals surface area contributed by atoms with E-state index in [0.717, 1.165) is 4.48 Å². The van der Waals surface area contributed by atoms with Crippen LogP contribution in [0.3, 0.4) is 0 Å². The fraction of sp³-hybridized carbons (Fsp3) is 1.00. The van der Waals surface area contributed by atoms with Crippen molar-refractivity contribution in [3.05, 3.63) is 0 Å². The molecule has 0 atom stereocenters. The van der Waals surface area contributed by atoms with Gasteiger partial charge in [0.1, 0.15) is 0 Å². The third-order valence-electron chi connectivity index (χ3n) is 3.79. The van der Waals surface area contributed by atoms with Crippen LogP contribution in [0.2, 0.25) is 0 Å². The standard InChI is InChI=1S/C14H34N2.2CH4.2BrH/c1-7-10-13-16(8-2,9-3)14-11-12-15(4,5)6;;;;/h7-14H2,1-6H3;2*1H4;2*1H/q+2;;;;/p-2. The van der Waals surface area contributed by atoms with Crippen LogP contribution in [-0.2, 0) is 0 Å². The summed E-state index contributed by atoms with van der Waals surface area (Å²) in [4.78, 5) is 0. The van der Waals surface area contributed by atoms with Crippen LogP contribution in [0.1, 0.15) is 54.9 Å². The molecule has 0 radical (unpaired) electrons. The Morgan fingerprint density at radius 3 is 1.35 bits per heavy atom. The van der Waals surface area contributed by atoms with Gasteiger partial charge < -0.3 is 42.9 Å². The second-order valence-electron chi connectivity index (χ2n) is 6.14. The number of unbranched alkanes of at least 4 members (excludes halogenated alkanes) is 1. The number of hydrogen-bond acceptors (Lipinski definition) is 0. The maximum absolute atomic E-state index is 2.35. The van der Waals surface area contributed by atoms with Gasteiger partial charge in [0.2, 0.25) is 0 Å². The van der Waals surface area contributed by atoms with E-state index in [9.17, 15) is 0 Å². The minimum Gasteiger partial charge on any atom is -1.00 e. The highest BCUT2D eigenvalue weighted by Crippen LogP contribution is 2.11. The molecular weight excluding hydrogens is 380 g/mol. The normalized spacial score (nSPS) is 10.5. The van der Waals surface area contributed by atoms with E-state index in [1.54, 1.807) is 0 Å². The van der Waals surface area contributed by atoms with Gasteiger partial charge in [-0.15, -0.1) is 0 Å². The van der Waals surface area contributed by atoms with Crippen LogP contribution in [0.25, 0.3) is 0 Å². The minimum absolute atomic E-state index is 0. The first-order chi connectivity index (χ1) is 7.39. The minimum atomic E-state index is 0. The lowest BCUT2D eigenvalue weighted by Crippen LogP contribution is -3.00. The largest absolute Gasteiger partial charge is 1.00 e. The fourth-order valence-electron chi connectivity index (χ4n) is 2.34. The summed E-state index contributed by atoms with van der Waals surface area (Å²) >= 11 is 0. The van der Waals surface area contributed by atoms with Crippen LogP contribution in [0, 0.1) is 0 Å². The lowest BCUT2D eigenvalue weighted by atomic mass is 10.2. The summed E-state index contributed by atoms with van der Waals surface area (Å²) in [6, 6.07) is 0. The summed E-state index contributed by atoms with van der Waals surface area (Å²) in [7, 11) is 6.87. The van der Waals surface area contributed by atoms with Gasteiger partial charge in [-0.25, -0.2) is 0 Å². The van der Waals surface area contributed by atoms with Crippen molar-refractivity contribution in [1.82, 2.24) is 0 Å². The van der Waals surface area contributed by atoms with Gasteiger partial charge >= 0.3 is 0 Å². The summed E-state index contributed by atoms with van der Waals surface area (Å²) in [5.74, 6) is 0. The smallest absolute Gasteiger partial charge is 0.0840 e. The summed E-state index contributed by atoms with van der Waals surface area (Å²) in [5.41, 5.74) is 0. The molecule has 4 heteroatoms. The zero-order valence-electron chi connectivity index (χ0n) is 13.3. The van der Waals surface area contributed by atoms with Crippen molar-refractivity contribution in [2.45, 2.75) is 54.9 Å². The van der Waals surface area contributed by atoms with Crippen molar-refractivity contribution in [3.63, 3.8) is 0 Å². The van der Waals surface area contributed by atoms with Crippen molar-refractivity contribution in [3.8, 4) is 0 Å². The molecule has 0 saturated heterocycles. The van der Waals surface area contributed by atoms with Crippen LogP contribution in [-0.4, -0.2) is 62.8 Å². The first-order valence-corrected chi connectivity index (χ1v) is 7.04. The molecule has 130 valence electrons. The average Bonchev–Trinajstić information content (AvgIpc) is 2.22. The Hall–Kier alpha value is 0.880. The summed E-state index contributed by atoms with van der Waals surface area (Å²) in [6.45, 7) is 13.6. The maximum atomic E-state index is 2.35. The monoisotopic (exact) mass is 420 g/mol. The molecule has 0 saturated carbocycles. The molecular formula is C16H42Br2N2. The molecule has 0 aromatic heterocycles. The predicted octanol–water partition coefficient (Wildman–Crippen LogP) is -1.98. The quantitative estimate of drug-likeness (QED) is 0.378. The van der Waals surface area contributed by atoms with E-state index in [4.69, 9.17) is 0 Å². The van der Waals surface area contributed by atoms with Gasteiger partial charge in [-0.05, 0) is 20.3 Å². The van der Waals surface area contributed by atoms with Crippen molar-refractivity contribution in [2.24, 2.45) is 0 Å². The van der Waals surface area contributed by atoms with Crippen LogP contribution in [0.15, 0.2) is 0 Å². The molecule has 2 nitrogen and oxygen atoms in total. The molecule has 0 amide bonds. The summed E-state index contributed by atoms with van der Waals surface area (Å²) in [5, 5.41) is 0. The third kappa shape index (κ3) is 15.3. The Balaban J connectivity index is -0.000000187. The van der Waals surface area contributed by atoms with E-state index in [0.29, 0.717) is 0 Å². The van der Waals surface area contributed by atoms with Gasteiger partial charge in [0.25, 0.3) is 0 Å². The number of rotatable bonds is 9. The average molecular weight is 422 g/mol. The Kier molecular flexibility index (Phi) is 26.6. The van der Waals surface area contributed by atoms with Crippen LogP contribution in [0.4, 0.5) is 0 Å². The first-order valence-electron chi connectivity index (χ1n) is 7.04. The highest BCUT2D eigenvalue weighted by atomic mass is 79.9. The highest BCUT2D eigenvalue weighted by molar-refractivity contribution is 4.44. The SMILES string of the molecule is C.C.CCCC[N+](CC)(CC)CCC[N+](C)(C)C.[Br-].[Br-]. The van der Waals surface area contributed by atoms with Gasteiger partial charge in [0.15, 0.2) is 0 Å². The van der Waals surface area contributed by atoms with Gasteiger partial charge in [0, 0.05) is 6.42 Å². The first kappa shape index (κ1) is 32.7. The topological polar surface area (TPSA) is 0 Å². The molecule has 0 spiro atoms. The molecule has 0 bridgehead atoms. The van der Waals surface area contributed by atoms with Crippen LogP contribution in [0.5, 0.6) is 0 Å². The maximum Gasteiger partial charge on any atom is 0.0840 e. The van der Waals surface area contributed by atoms with Gasteiger partial charge in [-0.3, -0.25) is 0 Å². The highest BCUT2D eigenvalue weighted by Gasteiger charge is 2.23. The number of hydrogen-bond donors (Lipinski definition) is 0. The van der Waals surface area contributed by atoms with Gasteiger partial charge in [0.05, 0.1) is 53.9 Å². The lowest BCUT2D eigenvalue weighted by molar-refractivity contribution is -0.930. The van der Waals surface area contributed by atoms with E-state index in [2.05, 4.69) is 41.9 Å². The Bertz CT molecular complexity index is 176. The van der Waals surface area contributed by atoms with Crippen molar-refractivity contribution in [1.29, 1.82) is 0 Å². The van der Waals surface area contributed by atoms with Crippen LogP contribution >= 0.6 is 0 Å². The van der Waals surface area contributed by atoms with E-state index < -0.39 is 0 Å². The Labute approximate surface area is 151 Å². The molecule has 0 aliphatic carbocycles. The molecule has 20 heavy (non-hydrogen) atoms. The van der Waals surface area contributed by atoms with E-state index in [1.165, 1.54) is 56.5 Å². The zero-order valence-corrected chi connectivity index (χ0v) is 16.5. The Morgan fingerprint density at radius 2 is 1.05 bits per heavy atom. The van der Waals surface area contributed by atoms with Crippen molar-refractivity contribution in [2.75, 3.05) is 53.9 Å². The summed E-state index contributed by atoms with van der Waals surface area (Å²) in [6.07, 6.45) is 4.07. The second kappa shape index (κ2) is 16.3. The molecule has 0 unspecified atom stereocenters. The molecule has 0 aliphatic heterocycles. The van der Waals surface area contributed by atoms with Gasteiger partial charge in [-0.2, -0.15) is 0 Å². The number of quaternary nitrogens is 2. The Morgan fingerprint density at radius 1 is 0.650 bits per heavy atom. The van der Waals surface area contributed by atoms with Crippen molar-refractivity contribution >= 4 is 0 Å². The number of nitrogens with zero attached hydrogens (tertiary/aromatic N) is 2. The van der Waals surface area contributed by atoms with E-state index >= 15 is 0 Å². The third-order valence-corrected chi connectivity index (χ3v) is 3.79. The number of halogens is 2. The van der Waals surface area contributed by atoms with E-state index in [1.807, 2.05) is 0 Å². The molecule has 0 heterocycles. The molecule has 0 aliphatic rings. The summed E-state index contributed by atoms with van der Waals surface area (Å²) < 4.78 is 2.43. The van der Waals surface area contributed by atoms with Gasteiger partial charge in [-0.1, -0.05) is 28.2 Å². The van der Waals surface area contributed by atoms with E-state index in [-0.39, 0.29) is 48.8 Å². The van der Waals surface area contributed by atoms with Crippen molar-refractivity contribution < 1.29 is 42.9 Å². The molecule has 0 N–H and O–H groups in total. The molecule has 0 aromatic rings. The molecule has 0 fully saturated rings.